The van der Waals surface area contributed by atoms with Crippen molar-refractivity contribution in [2.75, 3.05) is 6.61 Å². The van der Waals surface area contributed by atoms with Gasteiger partial charge in [0.2, 0.25) is 0 Å². The highest BCUT2D eigenvalue weighted by molar-refractivity contribution is 5.45. The second-order valence-electron chi connectivity index (χ2n) is 9.63. The summed E-state index contributed by atoms with van der Waals surface area (Å²) in [5.74, 6) is 11.3. The predicted molar refractivity (Wildman–Crippen MR) is 130 cm³/mol. The van der Waals surface area contributed by atoms with Crippen molar-refractivity contribution < 1.29 is 4.74 Å². The lowest BCUT2D eigenvalue weighted by Gasteiger charge is -2.38. The van der Waals surface area contributed by atoms with Crippen LogP contribution in [-0.4, -0.2) is 6.61 Å². The summed E-state index contributed by atoms with van der Waals surface area (Å²) < 4.78 is 5.50. The van der Waals surface area contributed by atoms with Crippen molar-refractivity contribution in [2.45, 2.75) is 77.6 Å². The number of hydrogen-bond donors (Lipinski definition) is 0. The third-order valence-electron chi connectivity index (χ3n) is 7.81. The van der Waals surface area contributed by atoms with Crippen molar-refractivity contribution in [1.29, 1.82) is 0 Å². The molecule has 2 aliphatic rings. The van der Waals surface area contributed by atoms with Gasteiger partial charge in [-0.25, -0.2) is 0 Å². The predicted octanol–water partition coefficient (Wildman–Crippen LogP) is 7.98. The van der Waals surface area contributed by atoms with Crippen LogP contribution in [0.1, 0.15) is 94.2 Å². The molecular weight excluding hydrogens is 376 g/mol. The van der Waals surface area contributed by atoms with Crippen LogP contribution in [0, 0.1) is 29.6 Å². The highest BCUT2D eigenvalue weighted by Gasteiger charge is 2.30. The van der Waals surface area contributed by atoms with Gasteiger partial charge in [0.05, 0.1) is 6.61 Å². The van der Waals surface area contributed by atoms with E-state index in [9.17, 15) is 0 Å². The summed E-state index contributed by atoms with van der Waals surface area (Å²) in [6.45, 7) is 5.06. The number of ether oxygens (including phenoxy) is 1. The highest BCUT2D eigenvalue weighted by Crippen LogP contribution is 2.44. The molecular formula is C30H38O. The minimum Gasteiger partial charge on any atom is -0.494 e. The molecule has 1 heteroatoms. The fraction of sp³-hybridized carbons (Fsp3) is 0.533. The molecule has 0 unspecified atom stereocenters. The van der Waals surface area contributed by atoms with Crippen LogP contribution in [0.3, 0.4) is 0 Å². The molecule has 0 aromatic heterocycles. The van der Waals surface area contributed by atoms with Gasteiger partial charge >= 0.3 is 0 Å². The standard InChI is InChI=1S/C30H38O/c1-3-23-7-13-26(14-8-23)28-17-19-29(20-18-28)27-15-9-24(10-16-27)5-6-25-11-21-30(22-12-25)31-4-2/h9-12,15-16,21-23,26,28-29H,3-4,7-8,13-14,17-20H2,1-2H3. The summed E-state index contributed by atoms with van der Waals surface area (Å²) in [5.41, 5.74) is 3.64. The van der Waals surface area contributed by atoms with Crippen molar-refractivity contribution in [1.82, 2.24) is 0 Å². The first kappa shape index (κ1) is 22.0. The molecule has 164 valence electrons. The Labute approximate surface area is 189 Å². The van der Waals surface area contributed by atoms with Crippen molar-refractivity contribution in [3.8, 4) is 17.6 Å². The first-order valence-electron chi connectivity index (χ1n) is 12.6. The molecule has 2 fully saturated rings. The van der Waals surface area contributed by atoms with Crippen LogP contribution in [0.4, 0.5) is 0 Å². The molecule has 0 amide bonds. The Morgan fingerprint density at radius 2 is 1.19 bits per heavy atom. The fourth-order valence-electron chi connectivity index (χ4n) is 5.78. The SMILES string of the molecule is CCOc1ccc(C#Cc2ccc(C3CCC(C4CCC(CC)CC4)CC3)cc2)cc1. The molecule has 0 spiro atoms. The number of benzene rings is 2. The summed E-state index contributed by atoms with van der Waals surface area (Å²) in [7, 11) is 0. The highest BCUT2D eigenvalue weighted by atomic mass is 16.5. The molecule has 0 aliphatic heterocycles. The Balaban J connectivity index is 1.28. The zero-order chi connectivity index (χ0) is 21.5. The zero-order valence-corrected chi connectivity index (χ0v) is 19.4. The van der Waals surface area contributed by atoms with Gasteiger partial charge in [-0.2, -0.15) is 0 Å². The maximum Gasteiger partial charge on any atom is 0.119 e. The van der Waals surface area contributed by atoms with E-state index in [1.165, 1.54) is 63.4 Å². The molecule has 0 heterocycles. The lowest BCUT2D eigenvalue weighted by atomic mass is 9.68. The van der Waals surface area contributed by atoms with Crippen molar-refractivity contribution in [3.63, 3.8) is 0 Å². The molecule has 0 bridgehead atoms. The van der Waals surface area contributed by atoms with Crippen molar-refractivity contribution >= 4 is 0 Å². The Bertz CT molecular complexity index is 851. The number of rotatable bonds is 5. The molecule has 2 saturated carbocycles. The summed E-state index contributed by atoms with van der Waals surface area (Å²) in [6, 6.07) is 17.1. The van der Waals surface area contributed by atoms with Gasteiger partial charge < -0.3 is 4.74 Å². The molecule has 0 N–H and O–H groups in total. The molecule has 2 aromatic carbocycles. The Kier molecular flexibility index (Phi) is 7.74. The van der Waals surface area contributed by atoms with Crippen molar-refractivity contribution in [2.24, 2.45) is 17.8 Å². The monoisotopic (exact) mass is 414 g/mol. The minimum absolute atomic E-state index is 0.693. The Hall–Kier alpha value is -2.20. The molecule has 2 aromatic rings. The maximum absolute atomic E-state index is 5.50. The van der Waals surface area contributed by atoms with Gasteiger partial charge in [-0.15, -0.1) is 0 Å². The van der Waals surface area contributed by atoms with Crippen LogP contribution in [0.2, 0.25) is 0 Å². The first-order valence-corrected chi connectivity index (χ1v) is 12.6. The third kappa shape index (κ3) is 5.94. The average molecular weight is 415 g/mol. The van der Waals surface area contributed by atoms with Gasteiger partial charge in [0.25, 0.3) is 0 Å². The van der Waals surface area contributed by atoms with Crippen LogP contribution in [0.15, 0.2) is 48.5 Å². The Morgan fingerprint density at radius 1 is 0.677 bits per heavy atom. The van der Waals surface area contributed by atoms with Crippen LogP contribution >= 0.6 is 0 Å². The molecule has 1 nitrogen and oxygen atoms in total. The number of hydrogen-bond acceptors (Lipinski definition) is 1. The van der Waals surface area contributed by atoms with E-state index in [2.05, 4.69) is 43.0 Å². The lowest BCUT2D eigenvalue weighted by Crippen LogP contribution is -2.25. The minimum atomic E-state index is 0.693. The molecule has 4 rings (SSSR count). The van der Waals surface area contributed by atoms with E-state index in [0.717, 1.165) is 40.5 Å². The summed E-state index contributed by atoms with van der Waals surface area (Å²) in [4.78, 5) is 0. The van der Waals surface area contributed by atoms with E-state index in [1.807, 2.05) is 31.2 Å². The normalized spacial score (nSPS) is 26.0. The van der Waals surface area contributed by atoms with Crippen LogP contribution < -0.4 is 4.74 Å². The van der Waals surface area contributed by atoms with Crippen LogP contribution in [0.25, 0.3) is 0 Å². The first-order chi connectivity index (χ1) is 15.2. The van der Waals surface area contributed by atoms with E-state index in [-0.39, 0.29) is 0 Å². The smallest absolute Gasteiger partial charge is 0.119 e. The van der Waals surface area contributed by atoms with Gasteiger partial charge in [0.15, 0.2) is 0 Å². The van der Waals surface area contributed by atoms with Crippen LogP contribution in [0.5, 0.6) is 5.75 Å². The molecule has 2 aliphatic carbocycles. The largest absolute Gasteiger partial charge is 0.494 e. The Morgan fingerprint density at radius 3 is 1.71 bits per heavy atom. The van der Waals surface area contributed by atoms with Gasteiger partial charge in [-0.1, -0.05) is 50.2 Å². The summed E-state index contributed by atoms with van der Waals surface area (Å²) >= 11 is 0. The van der Waals surface area contributed by atoms with Gasteiger partial charge in [-0.05, 0) is 111 Å². The van der Waals surface area contributed by atoms with E-state index in [0.29, 0.717) is 6.61 Å². The topological polar surface area (TPSA) is 9.23 Å². The van der Waals surface area contributed by atoms with Gasteiger partial charge in [0.1, 0.15) is 5.75 Å². The van der Waals surface area contributed by atoms with E-state index in [4.69, 9.17) is 4.74 Å². The summed E-state index contributed by atoms with van der Waals surface area (Å²) in [5, 5.41) is 0. The van der Waals surface area contributed by atoms with E-state index >= 15 is 0 Å². The second kappa shape index (κ2) is 10.9. The van der Waals surface area contributed by atoms with Gasteiger partial charge in [0, 0.05) is 11.1 Å². The fourth-order valence-corrected chi connectivity index (χ4v) is 5.78. The quantitative estimate of drug-likeness (QED) is 0.451. The molecule has 0 atom stereocenters. The molecule has 31 heavy (non-hydrogen) atoms. The van der Waals surface area contributed by atoms with Crippen molar-refractivity contribution in [3.05, 3.63) is 65.2 Å². The van der Waals surface area contributed by atoms with E-state index in [1.54, 1.807) is 0 Å². The summed E-state index contributed by atoms with van der Waals surface area (Å²) in [6.07, 6.45) is 13.0. The molecule has 0 saturated heterocycles. The van der Waals surface area contributed by atoms with E-state index < -0.39 is 0 Å². The maximum atomic E-state index is 5.50. The average Bonchev–Trinajstić information content (AvgIpc) is 2.84. The van der Waals surface area contributed by atoms with Gasteiger partial charge in [-0.3, -0.25) is 0 Å². The third-order valence-corrected chi connectivity index (χ3v) is 7.81. The second-order valence-corrected chi connectivity index (χ2v) is 9.63. The molecule has 0 radical (unpaired) electrons. The lowest BCUT2D eigenvalue weighted by molar-refractivity contribution is 0.158. The zero-order valence-electron chi connectivity index (χ0n) is 19.4. The van der Waals surface area contributed by atoms with Crippen LogP contribution in [-0.2, 0) is 0 Å².